The zero-order chi connectivity index (χ0) is 9.61. The molecule has 1 atom stereocenters. The van der Waals surface area contributed by atoms with Crippen molar-refractivity contribution in [3.8, 4) is 0 Å². The number of aliphatic hydroxyl groups is 1. The van der Waals surface area contributed by atoms with Crippen LogP contribution in [0.25, 0.3) is 0 Å². The van der Waals surface area contributed by atoms with Gasteiger partial charge in [-0.3, -0.25) is 4.79 Å². The standard InChI is InChI=1S/C8H16BrNO2/c1-3-8(2,4-5-11)10-7(12)6-9/h11H,3-6H2,1-2H3,(H,10,12). The normalized spacial score (nSPS) is 15.3. The van der Waals surface area contributed by atoms with E-state index in [2.05, 4.69) is 21.2 Å². The summed E-state index contributed by atoms with van der Waals surface area (Å²) in [5.41, 5.74) is -0.264. The number of alkyl halides is 1. The van der Waals surface area contributed by atoms with Crippen LogP contribution in [0.4, 0.5) is 0 Å². The molecule has 0 aliphatic heterocycles. The van der Waals surface area contributed by atoms with Gasteiger partial charge in [0.2, 0.25) is 5.91 Å². The van der Waals surface area contributed by atoms with E-state index in [1.165, 1.54) is 0 Å². The highest BCUT2D eigenvalue weighted by atomic mass is 79.9. The third kappa shape index (κ3) is 4.07. The van der Waals surface area contributed by atoms with Crippen LogP contribution in [0.1, 0.15) is 26.7 Å². The molecule has 0 rings (SSSR count). The van der Waals surface area contributed by atoms with E-state index in [1.54, 1.807) is 0 Å². The summed E-state index contributed by atoms with van der Waals surface area (Å²) in [4.78, 5) is 11.0. The largest absolute Gasteiger partial charge is 0.396 e. The lowest BCUT2D eigenvalue weighted by Gasteiger charge is -2.28. The van der Waals surface area contributed by atoms with E-state index in [1.807, 2.05) is 13.8 Å². The zero-order valence-electron chi connectivity index (χ0n) is 7.56. The maximum Gasteiger partial charge on any atom is 0.231 e. The van der Waals surface area contributed by atoms with Gasteiger partial charge in [0, 0.05) is 12.1 Å². The summed E-state index contributed by atoms with van der Waals surface area (Å²) in [6, 6.07) is 0. The first-order valence-corrected chi connectivity index (χ1v) is 5.18. The number of carbonyl (C=O) groups excluding carboxylic acids is 1. The van der Waals surface area contributed by atoms with Crippen molar-refractivity contribution in [1.29, 1.82) is 0 Å². The monoisotopic (exact) mass is 237 g/mol. The molecule has 0 aliphatic rings. The van der Waals surface area contributed by atoms with E-state index < -0.39 is 0 Å². The van der Waals surface area contributed by atoms with Crippen LogP contribution in [-0.2, 0) is 4.79 Å². The van der Waals surface area contributed by atoms with E-state index in [0.29, 0.717) is 11.8 Å². The second-order valence-electron chi connectivity index (χ2n) is 3.07. The van der Waals surface area contributed by atoms with Gasteiger partial charge in [-0.1, -0.05) is 22.9 Å². The Bertz CT molecular complexity index is 152. The molecule has 72 valence electrons. The van der Waals surface area contributed by atoms with Crippen molar-refractivity contribution in [2.45, 2.75) is 32.2 Å². The van der Waals surface area contributed by atoms with Crippen molar-refractivity contribution < 1.29 is 9.90 Å². The molecule has 0 heterocycles. The van der Waals surface area contributed by atoms with Crippen LogP contribution < -0.4 is 5.32 Å². The third-order valence-corrected chi connectivity index (χ3v) is 2.52. The summed E-state index contributed by atoms with van der Waals surface area (Å²) in [5, 5.41) is 11.9. The van der Waals surface area contributed by atoms with E-state index in [-0.39, 0.29) is 18.1 Å². The summed E-state index contributed by atoms with van der Waals surface area (Å²) in [6.45, 7) is 4.03. The van der Waals surface area contributed by atoms with Crippen molar-refractivity contribution in [3.05, 3.63) is 0 Å². The minimum Gasteiger partial charge on any atom is -0.396 e. The van der Waals surface area contributed by atoms with Gasteiger partial charge in [-0.25, -0.2) is 0 Å². The molecule has 0 radical (unpaired) electrons. The number of nitrogens with one attached hydrogen (secondary N) is 1. The second-order valence-corrected chi connectivity index (χ2v) is 3.63. The Hall–Kier alpha value is -0.0900. The average molecular weight is 238 g/mol. The van der Waals surface area contributed by atoms with Crippen molar-refractivity contribution >= 4 is 21.8 Å². The molecule has 0 aliphatic carbocycles. The molecule has 1 amide bonds. The summed E-state index contributed by atoms with van der Waals surface area (Å²) < 4.78 is 0. The Morgan fingerprint density at radius 2 is 2.25 bits per heavy atom. The predicted molar refractivity (Wildman–Crippen MR) is 52.3 cm³/mol. The molecule has 0 saturated heterocycles. The Morgan fingerprint density at radius 3 is 2.58 bits per heavy atom. The van der Waals surface area contributed by atoms with Crippen molar-refractivity contribution in [1.82, 2.24) is 5.32 Å². The van der Waals surface area contributed by atoms with Crippen LogP contribution in [0.5, 0.6) is 0 Å². The maximum atomic E-state index is 11.0. The number of amides is 1. The van der Waals surface area contributed by atoms with Crippen molar-refractivity contribution in [3.63, 3.8) is 0 Å². The molecular weight excluding hydrogens is 222 g/mol. The Kier molecular flexibility index (Phi) is 5.50. The van der Waals surface area contributed by atoms with Gasteiger partial charge < -0.3 is 10.4 Å². The van der Waals surface area contributed by atoms with E-state index in [4.69, 9.17) is 5.11 Å². The topological polar surface area (TPSA) is 49.3 Å². The molecule has 0 aromatic carbocycles. The first-order chi connectivity index (χ1) is 5.58. The number of carbonyl (C=O) groups is 1. The third-order valence-electron chi connectivity index (χ3n) is 2.01. The van der Waals surface area contributed by atoms with Crippen LogP contribution >= 0.6 is 15.9 Å². The predicted octanol–water partition coefficient (Wildman–Crippen LogP) is 1.05. The zero-order valence-corrected chi connectivity index (χ0v) is 9.15. The minimum atomic E-state index is -0.264. The summed E-state index contributed by atoms with van der Waals surface area (Å²) >= 11 is 3.07. The molecule has 4 heteroatoms. The van der Waals surface area contributed by atoms with Gasteiger partial charge in [0.05, 0.1) is 5.33 Å². The SMILES string of the molecule is CCC(C)(CCO)NC(=O)CBr. The lowest BCUT2D eigenvalue weighted by atomic mass is 9.95. The highest BCUT2D eigenvalue weighted by molar-refractivity contribution is 9.09. The second kappa shape index (κ2) is 5.54. The first kappa shape index (κ1) is 11.9. The highest BCUT2D eigenvalue weighted by Gasteiger charge is 2.22. The minimum absolute atomic E-state index is 0.0344. The fraction of sp³-hybridized carbons (Fsp3) is 0.875. The molecule has 2 N–H and O–H groups in total. The van der Waals surface area contributed by atoms with Gasteiger partial charge in [0.1, 0.15) is 0 Å². The Morgan fingerprint density at radius 1 is 1.67 bits per heavy atom. The number of halogens is 1. The number of rotatable bonds is 5. The smallest absolute Gasteiger partial charge is 0.231 e. The van der Waals surface area contributed by atoms with E-state index >= 15 is 0 Å². The molecular formula is C8H16BrNO2. The summed E-state index contributed by atoms with van der Waals surface area (Å²) in [7, 11) is 0. The van der Waals surface area contributed by atoms with Gasteiger partial charge in [-0.2, -0.15) is 0 Å². The average Bonchev–Trinajstić information content (AvgIpc) is 2.05. The molecule has 0 spiro atoms. The van der Waals surface area contributed by atoms with E-state index in [0.717, 1.165) is 6.42 Å². The van der Waals surface area contributed by atoms with Gasteiger partial charge in [-0.05, 0) is 19.8 Å². The molecule has 12 heavy (non-hydrogen) atoms. The number of aliphatic hydroxyl groups excluding tert-OH is 1. The van der Waals surface area contributed by atoms with Gasteiger partial charge in [0.25, 0.3) is 0 Å². The molecule has 0 bridgehead atoms. The summed E-state index contributed by atoms with van der Waals surface area (Å²) in [6.07, 6.45) is 1.43. The van der Waals surface area contributed by atoms with Gasteiger partial charge >= 0.3 is 0 Å². The van der Waals surface area contributed by atoms with Crippen LogP contribution in [-0.4, -0.2) is 28.5 Å². The first-order valence-electron chi connectivity index (χ1n) is 4.06. The Labute approximate surface area is 81.7 Å². The van der Waals surface area contributed by atoms with Crippen LogP contribution in [0.2, 0.25) is 0 Å². The van der Waals surface area contributed by atoms with Crippen LogP contribution in [0.15, 0.2) is 0 Å². The quantitative estimate of drug-likeness (QED) is 0.703. The lowest BCUT2D eigenvalue weighted by Crippen LogP contribution is -2.46. The maximum absolute atomic E-state index is 11.0. The van der Waals surface area contributed by atoms with Crippen molar-refractivity contribution in [2.24, 2.45) is 0 Å². The van der Waals surface area contributed by atoms with Crippen LogP contribution in [0.3, 0.4) is 0 Å². The summed E-state index contributed by atoms with van der Waals surface area (Å²) in [5.74, 6) is -0.0344. The molecule has 0 aromatic heterocycles. The molecule has 3 nitrogen and oxygen atoms in total. The fourth-order valence-corrected chi connectivity index (χ4v) is 1.08. The number of hydrogen-bond acceptors (Lipinski definition) is 2. The molecule has 1 unspecified atom stereocenters. The Balaban J connectivity index is 4.03. The lowest BCUT2D eigenvalue weighted by molar-refractivity contribution is -0.120. The van der Waals surface area contributed by atoms with E-state index in [9.17, 15) is 4.79 Å². The highest BCUT2D eigenvalue weighted by Crippen LogP contribution is 2.13. The van der Waals surface area contributed by atoms with Gasteiger partial charge in [0.15, 0.2) is 0 Å². The van der Waals surface area contributed by atoms with Gasteiger partial charge in [-0.15, -0.1) is 0 Å². The van der Waals surface area contributed by atoms with Crippen molar-refractivity contribution in [2.75, 3.05) is 11.9 Å². The molecule has 0 saturated carbocycles. The fourth-order valence-electron chi connectivity index (χ4n) is 0.944. The van der Waals surface area contributed by atoms with Crippen LogP contribution in [0, 0.1) is 0 Å². The number of hydrogen-bond donors (Lipinski definition) is 2. The molecule has 0 fully saturated rings. The molecule has 0 aromatic rings.